The van der Waals surface area contributed by atoms with Crippen LogP contribution in [0.3, 0.4) is 0 Å². The normalized spacial score (nSPS) is 17.8. The van der Waals surface area contributed by atoms with Crippen molar-refractivity contribution >= 4 is 44.8 Å². The summed E-state index contributed by atoms with van der Waals surface area (Å²) in [6.45, 7) is 2.65. The standard InChI is InChI=1S/C18H17Cl3N2O4S/c19-13-2-1-3-14(20)18(13)28(24,25)23-6-4-22(5-7-23)10-12-8-15(21)17-16(9-12)26-11-27-17/h1-3,8-9H,4-7,10-11H2. The lowest BCUT2D eigenvalue weighted by molar-refractivity contribution is 0.173. The summed E-state index contributed by atoms with van der Waals surface area (Å²) in [5.41, 5.74) is 0.986. The maximum atomic E-state index is 13.0. The fourth-order valence-corrected chi connectivity index (χ4v) is 6.16. The van der Waals surface area contributed by atoms with Crippen molar-refractivity contribution in [3.63, 3.8) is 0 Å². The van der Waals surface area contributed by atoms with Gasteiger partial charge >= 0.3 is 0 Å². The molecule has 0 aromatic heterocycles. The zero-order valence-electron chi connectivity index (χ0n) is 14.7. The number of piperazine rings is 1. The highest BCUT2D eigenvalue weighted by Crippen LogP contribution is 2.40. The average Bonchev–Trinajstić information content (AvgIpc) is 3.11. The van der Waals surface area contributed by atoms with Crippen LogP contribution in [0, 0.1) is 0 Å². The lowest BCUT2D eigenvalue weighted by Gasteiger charge is -2.34. The van der Waals surface area contributed by atoms with Crippen molar-refractivity contribution in [1.29, 1.82) is 0 Å². The third-order valence-electron chi connectivity index (χ3n) is 4.74. The van der Waals surface area contributed by atoms with Gasteiger partial charge in [0.1, 0.15) is 4.90 Å². The molecule has 0 bridgehead atoms. The van der Waals surface area contributed by atoms with Gasteiger partial charge in [-0.2, -0.15) is 4.31 Å². The SMILES string of the molecule is O=S(=O)(c1c(Cl)cccc1Cl)N1CCN(Cc2cc(Cl)c3c(c2)OCO3)CC1. The summed E-state index contributed by atoms with van der Waals surface area (Å²) in [5, 5.41) is 0.773. The highest BCUT2D eigenvalue weighted by molar-refractivity contribution is 7.89. The summed E-state index contributed by atoms with van der Waals surface area (Å²) in [5.74, 6) is 1.20. The molecule has 0 aliphatic carbocycles. The Balaban J connectivity index is 1.44. The molecule has 0 saturated carbocycles. The first-order chi connectivity index (χ1) is 13.4. The molecule has 150 valence electrons. The van der Waals surface area contributed by atoms with Crippen molar-refractivity contribution in [2.24, 2.45) is 0 Å². The van der Waals surface area contributed by atoms with Crippen molar-refractivity contribution in [1.82, 2.24) is 9.21 Å². The second-order valence-electron chi connectivity index (χ2n) is 6.54. The third-order valence-corrected chi connectivity index (χ3v) is 7.88. The minimum absolute atomic E-state index is 0.0330. The van der Waals surface area contributed by atoms with Crippen LogP contribution in [0.5, 0.6) is 11.5 Å². The first-order valence-electron chi connectivity index (χ1n) is 8.61. The summed E-state index contributed by atoms with van der Waals surface area (Å²) in [6.07, 6.45) is 0. The van der Waals surface area contributed by atoms with E-state index in [4.69, 9.17) is 44.3 Å². The van der Waals surface area contributed by atoms with Gasteiger partial charge in [-0.3, -0.25) is 4.90 Å². The summed E-state index contributed by atoms with van der Waals surface area (Å²) in [7, 11) is -3.75. The van der Waals surface area contributed by atoms with Gasteiger partial charge in [-0.25, -0.2) is 8.42 Å². The molecule has 2 aliphatic heterocycles. The van der Waals surface area contributed by atoms with E-state index in [1.54, 1.807) is 6.07 Å². The van der Waals surface area contributed by atoms with Crippen LogP contribution in [0.25, 0.3) is 0 Å². The van der Waals surface area contributed by atoms with Crippen LogP contribution >= 0.6 is 34.8 Å². The van der Waals surface area contributed by atoms with Crippen LogP contribution in [-0.4, -0.2) is 50.6 Å². The van der Waals surface area contributed by atoms with E-state index in [2.05, 4.69) is 4.90 Å². The molecule has 2 heterocycles. The van der Waals surface area contributed by atoms with Gasteiger partial charge in [0.2, 0.25) is 16.8 Å². The van der Waals surface area contributed by atoms with Crippen molar-refractivity contribution in [3.8, 4) is 11.5 Å². The summed E-state index contributed by atoms with van der Waals surface area (Å²) in [6, 6.07) is 8.43. The van der Waals surface area contributed by atoms with Gasteiger partial charge in [0.05, 0.1) is 15.1 Å². The molecule has 0 spiro atoms. The topological polar surface area (TPSA) is 59.1 Å². The first-order valence-corrected chi connectivity index (χ1v) is 11.2. The molecular formula is C18H17Cl3N2O4S. The van der Waals surface area contributed by atoms with Crippen LogP contribution in [0.1, 0.15) is 5.56 Å². The molecular weight excluding hydrogens is 447 g/mol. The van der Waals surface area contributed by atoms with Crippen molar-refractivity contribution < 1.29 is 17.9 Å². The Kier molecular flexibility index (Phi) is 5.66. The van der Waals surface area contributed by atoms with E-state index in [-0.39, 0.29) is 21.7 Å². The number of rotatable bonds is 4. The van der Waals surface area contributed by atoms with Crippen molar-refractivity contribution in [2.45, 2.75) is 11.4 Å². The Bertz CT molecular complexity index is 988. The number of hydrogen-bond donors (Lipinski definition) is 0. The minimum atomic E-state index is -3.75. The Labute approximate surface area is 178 Å². The van der Waals surface area contributed by atoms with Crippen LogP contribution in [-0.2, 0) is 16.6 Å². The molecule has 0 amide bonds. The molecule has 0 N–H and O–H groups in total. The quantitative estimate of drug-likeness (QED) is 0.689. The zero-order valence-corrected chi connectivity index (χ0v) is 17.8. The van der Waals surface area contributed by atoms with Gasteiger partial charge in [0.25, 0.3) is 0 Å². The highest BCUT2D eigenvalue weighted by atomic mass is 35.5. The summed E-state index contributed by atoms with van der Waals surface area (Å²) >= 11 is 18.4. The number of halogens is 3. The molecule has 2 aromatic rings. The highest BCUT2D eigenvalue weighted by Gasteiger charge is 2.32. The summed E-state index contributed by atoms with van der Waals surface area (Å²) < 4.78 is 38.1. The number of benzene rings is 2. The maximum Gasteiger partial charge on any atom is 0.246 e. The predicted molar refractivity (Wildman–Crippen MR) is 108 cm³/mol. The lowest BCUT2D eigenvalue weighted by Crippen LogP contribution is -2.48. The predicted octanol–water partition coefficient (Wildman–Crippen LogP) is 3.88. The molecule has 2 aromatic carbocycles. The molecule has 0 atom stereocenters. The van der Waals surface area contributed by atoms with Crippen LogP contribution in [0.4, 0.5) is 0 Å². The van der Waals surface area contributed by atoms with E-state index >= 15 is 0 Å². The zero-order chi connectivity index (χ0) is 19.9. The van der Waals surface area contributed by atoms with E-state index in [9.17, 15) is 8.42 Å². The molecule has 1 fully saturated rings. The minimum Gasteiger partial charge on any atom is -0.454 e. The molecule has 0 radical (unpaired) electrons. The number of hydrogen-bond acceptors (Lipinski definition) is 5. The van der Waals surface area contributed by atoms with Gasteiger partial charge < -0.3 is 9.47 Å². The van der Waals surface area contributed by atoms with E-state index < -0.39 is 10.0 Å². The van der Waals surface area contributed by atoms with Gasteiger partial charge in [0.15, 0.2) is 11.5 Å². The maximum absolute atomic E-state index is 13.0. The summed E-state index contributed by atoms with van der Waals surface area (Å²) in [4.78, 5) is 2.13. The largest absolute Gasteiger partial charge is 0.454 e. The Morgan fingerprint density at radius 3 is 2.29 bits per heavy atom. The molecule has 28 heavy (non-hydrogen) atoms. The molecule has 1 saturated heterocycles. The van der Waals surface area contributed by atoms with E-state index in [0.717, 1.165) is 5.56 Å². The van der Waals surface area contributed by atoms with Gasteiger partial charge in [0, 0.05) is 32.7 Å². The molecule has 0 unspecified atom stereocenters. The Morgan fingerprint density at radius 1 is 0.929 bits per heavy atom. The van der Waals surface area contributed by atoms with E-state index in [1.165, 1.54) is 16.4 Å². The number of sulfonamides is 1. The fraction of sp³-hybridized carbons (Fsp3) is 0.333. The second kappa shape index (κ2) is 7.89. The van der Waals surface area contributed by atoms with Crippen LogP contribution < -0.4 is 9.47 Å². The van der Waals surface area contributed by atoms with Gasteiger partial charge in [-0.05, 0) is 29.8 Å². The molecule has 4 rings (SSSR count). The Morgan fingerprint density at radius 2 is 1.61 bits per heavy atom. The molecule has 10 heteroatoms. The van der Waals surface area contributed by atoms with Crippen molar-refractivity contribution in [2.75, 3.05) is 33.0 Å². The second-order valence-corrected chi connectivity index (χ2v) is 9.64. The van der Waals surface area contributed by atoms with Gasteiger partial charge in [-0.15, -0.1) is 0 Å². The third kappa shape index (κ3) is 3.79. The van der Waals surface area contributed by atoms with Crippen LogP contribution in [0.15, 0.2) is 35.2 Å². The number of fused-ring (bicyclic) bond motifs is 1. The van der Waals surface area contributed by atoms with E-state index in [1.807, 2.05) is 12.1 Å². The van der Waals surface area contributed by atoms with E-state index in [0.29, 0.717) is 49.2 Å². The molecule has 2 aliphatic rings. The smallest absolute Gasteiger partial charge is 0.246 e. The average molecular weight is 464 g/mol. The fourth-order valence-electron chi connectivity index (χ4n) is 3.36. The Hall–Kier alpha value is -1.22. The lowest BCUT2D eigenvalue weighted by atomic mass is 10.1. The van der Waals surface area contributed by atoms with Gasteiger partial charge in [-0.1, -0.05) is 40.9 Å². The molecule has 6 nitrogen and oxygen atoms in total. The number of ether oxygens (including phenoxy) is 2. The number of nitrogens with zero attached hydrogens (tertiary/aromatic N) is 2. The van der Waals surface area contributed by atoms with Crippen LogP contribution in [0.2, 0.25) is 15.1 Å². The monoisotopic (exact) mass is 462 g/mol. The first kappa shape index (κ1) is 20.1. The van der Waals surface area contributed by atoms with Crippen molar-refractivity contribution in [3.05, 3.63) is 51.0 Å².